The van der Waals surface area contributed by atoms with Crippen LogP contribution in [0.2, 0.25) is 0 Å². The lowest BCUT2D eigenvalue weighted by Gasteiger charge is -2.03. The van der Waals surface area contributed by atoms with Crippen LogP contribution in [-0.2, 0) is 14.8 Å². The summed E-state index contributed by atoms with van der Waals surface area (Å²) < 4.78 is 30.6. The van der Waals surface area contributed by atoms with Gasteiger partial charge in [0.2, 0.25) is 0 Å². The average Bonchev–Trinajstić information content (AvgIpc) is 2.90. The van der Waals surface area contributed by atoms with Gasteiger partial charge in [0, 0.05) is 6.08 Å². The third-order valence-electron chi connectivity index (χ3n) is 2.23. The molecule has 1 aromatic heterocycles. The third kappa shape index (κ3) is 3.56. The molecule has 1 heterocycles. The molecule has 6 heteroatoms. The van der Waals surface area contributed by atoms with Gasteiger partial charge in [0.25, 0.3) is 15.9 Å². The fraction of sp³-hybridized carbons (Fsp3) is 0. The molecule has 0 bridgehead atoms. The first-order valence-corrected chi connectivity index (χ1v) is 6.90. The Labute approximate surface area is 110 Å². The zero-order valence-corrected chi connectivity index (χ0v) is 10.6. The lowest BCUT2D eigenvalue weighted by Crippen LogP contribution is -2.28. The Morgan fingerprint density at radius 2 is 1.84 bits per heavy atom. The zero-order chi connectivity index (χ0) is 13.7. The molecule has 2 aromatic rings. The summed E-state index contributed by atoms with van der Waals surface area (Å²) in [7, 11) is -3.83. The van der Waals surface area contributed by atoms with Gasteiger partial charge in [-0.15, -0.1) is 0 Å². The second-order valence-corrected chi connectivity index (χ2v) is 5.31. The van der Waals surface area contributed by atoms with Gasteiger partial charge in [0.05, 0.1) is 11.2 Å². The maximum atomic E-state index is 11.8. The molecule has 0 fully saturated rings. The van der Waals surface area contributed by atoms with Crippen LogP contribution in [-0.4, -0.2) is 14.3 Å². The van der Waals surface area contributed by atoms with Gasteiger partial charge in [-0.1, -0.05) is 18.2 Å². The van der Waals surface area contributed by atoms with Crippen LogP contribution in [0.15, 0.2) is 64.1 Å². The number of rotatable bonds is 4. The summed E-state index contributed by atoms with van der Waals surface area (Å²) in [4.78, 5) is 11.5. The van der Waals surface area contributed by atoms with Crippen molar-refractivity contribution in [1.29, 1.82) is 0 Å². The minimum Gasteiger partial charge on any atom is -0.465 e. The molecule has 0 aliphatic heterocycles. The molecular formula is C13H11NO4S. The van der Waals surface area contributed by atoms with Gasteiger partial charge in [-0.25, -0.2) is 13.1 Å². The Morgan fingerprint density at radius 3 is 2.47 bits per heavy atom. The Balaban J connectivity index is 2.07. The van der Waals surface area contributed by atoms with E-state index in [1.165, 1.54) is 24.5 Å². The topological polar surface area (TPSA) is 76.4 Å². The molecule has 0 radical (unpaired) electrons. The number of nitrogens with one attached hydrogen (secondary N) is 1. The predicted molar refractivity (Wildman–Crippen MR) is 69.5 cm³/mol. The molecule has 5 nitrogen and oxygen atoms in total. The number of carbonyl (C=O) groups is 1. The quantitative estimate of drug-likeness (QED) is 0.864. The summed E-state index contributed by atoms with van der Waals surface area (Å²) in [6.45, 7) is 0. The molecule has 98 valence electrons. The number of amides is 1. The number of hydrogen-bond acceptors (Lipinski definition) is 4. The summed E-state index contributed by atoms with van der Waals surface area (Å²) in [5.74, 6) is -0.271. The van der Waals surface area contributed by atoms with E-state index in [-0.39, 0.29) is 4.90 Å². The summed E-state index contributed by atoms with van der Waals surface area (Å²) in [6.07, 6.45) is 3.94. The predicted octanol–water partition coefficient (Wildman–Crippen LogP) is 1.80. The van der Waals surface area contributed by atoms with Gasteiger partial charge in [0.15, 0.2) is 0 Å². The standard InChI is InChI=1S/C13H11NO4S/c15-13(9-8-11-5-4-10-18-11)14-19(16,17)12-6-2-1-3-7-12/h1-10H,(H,14,15)/b9-8+. The molecular weight excluding hydrogens is 266 g/mol. The molecule has 0 saturated carbocycles. The number of furan rings is 1. The summed E-state index contributed by atoms with van der Waals surface area (Å²) in [5, 5.41) is 0. The summed E-state index contributed by atoms with van der Waals surface area (Å²) >= 11 is 0. The van der Waals surface area contributed by atoms with E-state index in [4.69, 9.17) is 4.42 Å². The second-order valence-electron chi connectivity index (χ2n) is 3.63. The van der Waals surface area contributed by atoms with Crippen molar-refractivity contribution in [2.24, 2.45) is 0 Å². The summed E-state index contributed by atoms with van der Waals surface area (Å²) in [5.41, 5.74) is 0. The minimum atomic E-state index is -3.83. The van der Waals surface area contributed by atoms with E-state index in [0.29, 0.717) is 5.76 Å². The van der Waals surface area contributed by atoms with E-state index in [0.717, 1.165) is 6.08 Å². The fourth-order valence-electron chi connectivity index (χ4n) is 1.37. The van der Waals surface area contributed by atoms with Crippen LogP contribution >= 0.6 is 0 Å². The maximum absolute atomic E-state index is 11.8. The van der Waals surface area contributed by atoms with E-state index in [1.54, 1.807) is 30.3 Å². The highest BCUT2D eigenvalue weighted by atomic mass is 32.2. The highest BCUT2D eigenvalue weighted by Crippen LogP contribution is 2.07. The fourth-order valence-corrected chi connectivity index (χ4v) is 2.34. The first-order valence-electron chi connectivity index (χ1n) is 5.41. The SMILES string of the molecule is O=C(/C=C/c1ccco1)NS(=O)(=O)c1ccccc1. The number of hydrogen-bond donors (Lipinski definition) is 1. The first kappa shape index (κ1) is 13.1. The van der Waals surface area contributed by atoms with E-state index in [2.05, 4.69) is 0 Å². The van der Waals surface area contributed by atoms with Crippen molar-refractivity contribution >= 4 is 22.0 Å². The number of benzene rings is 1. The van der Waals surface area contributed by atoms with Crippen LogP contribution in [0, 0.1) is 0 Å². The van der Waals surface area contributed by atoms with Crippen LogP contribution in [0.5, 0.6) is 0 Å². The van der Waals surface area contributed by atoms with Crippen LogP contribution in [0.4, 0.5) is 0 Å². The van der Waals surface area contributed by atoms with E-state index >= 15 is 0 Å². The first-order chi connectivity index (χ1) is 9.08. The van der Waals surface area contributed by atoms with Crippen LogP contribution in [0.1, 0.15) is 5.76 Å². The van der Waals surface area contributed by atoms with Crippen LogP contribution < -0.4 is 4.72 Å². The van der Waals surface area contributed by atoms with Crippen molar-refractivity contribution in [3.63, 3.8) is 0 Å². The maximum Gasteiger partial charge on any atom is 0.264 e. The van der Waals surface area contributed by atoms with Gasteiger partial charge in [-0.3, -0.25) is 4.79 Å². The molecule has 0 saturated heterocycles. The van der Waals surface area contributed by atoms with Gasteiger partial charge in [-0.05, 0) is 30.3 Å². The smallest absolute Gasteiger partial charge is 0.264 e. The molecule has 1 amide bonds. The van der Waals surface area contributed by atoms with E-state index in [1.807, 2.05) is 4.72 Å². The number of carbonyl (C=O) groups excluding carboxylic acids is 1. The molecule has 0 spiro atoms. The van der Waals surface area contributed by atoms with Crippen molar-refractivity contribution in [3.8, 4) is 0 Å². The zero-order valence-electron chi connectivity index (χ0n) is 9.81. The van der Waals surface area contributed by atoms with Crippen molar-refractivity contribution in [2.75, 3.05) is 0 Å². The monoisotopic (exact) mass is 277 g/mol. The van der Waals surface area contributed by atoms with Crippen LogP contribution in [0.25, 0.3) is 6.08 Å². The van der Waals surface area contributed by atoms with Crippen molar-refractivity contribution in [3.05, 3.63) is 60.6 Å². The summed E-state index contributed by atoms with van der Waals surface area (Å²) in [6, 6.07) is 11.0. The highest BCUT2D eigenvalue weighted by molar-refractivity contribution is 7.90. The second kappa shape index (κ2) is 5.53. The largest absolute Gasteiger partial charge is 0.465 e. The van der Waals surface area contributed by atoms with E-state index in [9.17, 15) is 13.2 Å². The molecule has 0 unspecified atom stereocenters. The lowest BCUT2D eigenvalue weighted by atomic mass is 10.4. The van der Waals surface area contributed by atoms with Gasteiger partial charge in [-0.2, -0.15) is 0 Å². The normalized spacial score (nSPS) is 11.6. The molecule has 1 aromatic carbocycles. The molecule has 2 rings (SSSR count). The Hall–Kier alpha value is -2.34. The lowest BCUT2D eigenvalue weighted by molar-refractivity contribution is -0.114. The minimum absolute atomic E-state index is 0.0368. The van der Waals surface area contributed by atoms with Crippen molar-refractivity contribution in [2.45, 2.75) is 4.90 Å². The third-order valence-corrected chi connectivity index (χ3v) is 3.59. The Kier molecular flexibility index (Phi) is 3.82. The number of sulfonamides is 1. The Bertz CT molecular complexity index is 673. The average molecular weight is 277 g/mol. The Morgan fingerprint density at radius 1 is 1.11 bits per heavy atom. The molecule has 0 aliphatic carbocycles. The van der Waals surface area contributed by atoms with Gasteiger partial charge < -0.3 is 4.42 Å². The molecule has 1 N–H and O–H groups in total. The highest BCUT2D eigenvalue weighted by Gasteiger charge is 2.15. The van der Waals surface area contributed by atoms with Crippen LogP contribution in [0.3, 0.4) is 0 Å². The van der Waals surface area contributed by atoms with Gasteiger partial charge in [0.1, 0.15) is 5.76 Å². The van der Waals surface area contributed by atoms with Gasteiger partial charge >= 0.3 is 0 Å². The molecule has 0 atom stereocenters. The molecule has 19 heavy (non-hydrogen) atoms. The van der Waals surface area contributed by atoms with E-state index < -0.39 is 15.9 Å². The van der Waals surface area contributed by atoms with Crippen molar-refractivity contribution < 1.29 is 17.6 Å². The molecule has 0 aliphatic rings. The van der Waals surface area contributed by atoms with Crippen molar-refractivity contribution in [1.82, 2.24) is 4.72 Å².